The van der Waals surface area contributed by atoms with E-state index in [1.54, 1.807) is 18.2 Å². The van der Waals surface area contributed by atoms with Gasteiger partial charge < -0.3 is 10.2 Å². The zero-order chi connectivity index (χ0) is 20.4. The number of carbonyl (C=O) groups is 1. The number of rotatable bonds is 6. The molecule has 5 nitrogen and oxygen atoms in total. The van der Waals surface area contributed by atoms with Crippen molar-refractivity contribution >= 4 is 22.6 Å². The number of fused-ring (bicyclic) bond motifs is 1. The predicted molar refractivity (Wildman–Crippen MR) is 109 cm³/mol. The van der Waals surface area contributed by atoms with E-state index >= 15 is 0 Å². The number of nitrogens with one attached hydrogen (secondary N) is 1. The highest BCUT2D eigenvalue weighted by Crippen LogP contribution is 2.34. The number of hydrogen-bond donors (Lipinski definition) is 1. The second-order valence-corrected chi connectivity index (χ2v) is 7.20. The first kappa shape index (κ1) is 19.2. The van der Waals surface area contributed by atoms with Gasteiger partial charge in [0.15, 0.2) is 5.82 Å². The minimum Gasteiger partial charge on any atom is -0.356 e. The van der Waals surface area contributed by atoms with Crippen molar-refractivity contribution in [2.24, 2.45) is 5.92 Å². The van der Waals surface area contributed by atoms with Gasteiger partial charge in [0.2, 0.25) is 5.91 Å². The summed E-state index contributed by atoms with van der Waals surface area (Å²) < 4.78 is 27.0. The van der Waals surface area contributed by atoms with Crippen LogP contribution in [-0.2, 0) is 4.79 Å². The summed E-state index contributed by atoms with van der Waals surface area (Å²) in [6.07, 6.45) is -2.12. The Balaban J connectivity index is 1.66. The zero-order valence-corrected chi connectivity index (χ0v) is 16.1. The summed E-state index contributed by atoms with van der Waals surface area (Å²) in [5.74, 6) is 1.43. The van der Waals surface area contributed by atoms with Crippen LogP contribution >= 0.6 is 0 Å². The first-order valence-corrected chi connectivity index (χ1v) is 9.72. The van der Waals surface area contributed by atoms with E-state index in [4.69, 9.17) is 0 Å². The molecule has 7 heteroatoms. The third kappa shape index (κ3) is 3.90. The average molecular weight is 396 g/mol. The van der Waals surface area contributed by atoms with Crippen LogP contribution in [0.25, 0.3) is 22.3 Å². The molecule has 1 aromatic heterocycles. The quantitative estimate of drug-likeness (QED) is 0.679. The lowest BCUT2D eigenvalue weighted by Crippen LogP contribution is -2.52. The molecular weight excluding hydrogens is 374 g/mol. The lowest BCUT2D eigenvalue weighted by molar-refractivity contribution is -0.121. The van der Waals surface area contributed by atoms with Crippen LogP contribution in [0.3, 0.4) is 0 Å². The van der Waals surface area contributed by atoms with Crippen LogP contribution in [0.15, 0.2) is 48.5 Å². The molecule has 1 saturated heterocycles. The fourth-order valence-corrected chi connectivity index (χ4v) is 3.57. The molecule has 0 atom stereocenters. The number of para-hydroxylation sites is 1. The highest BCUT2D eigenvalue weighted by Gasteiger charge is 2.30. The summed E-state index contributed by atoms with van der Waals surface area (Å²) in [6.45, 7) is 3.96. The van der Waals surface area contributed by atoms with Gasteiger partial charge >= 0.3 is 0 Å². The number of anilines is 1. The van der Waals surface area contributed by atoms with Crippen LogP contribution in [0.1, 0.15) is 25.3 Å². The zero-order valence-electron chi connectivity index (χ0n) is 16.1. The van der Waals surface area contributed by atoms with Gasteiger partial charge in [-0.05, 0) is 12.1 Å². The molecule has 1 aliphatic heterocycles. The molecule has 0 spiro atoms. The molecule has 1 N–H and O–H groups in total. The monoisotopic (exact) mass is 396 g/mol. The summed E-state index contributed by atoms with van der Waals surface area (Å²) in [4.78, 5) is 22.8. The van der Waals surface area contributed by atoms with Gasteiger partial charge in [0.05, 0.1) is 5.52 Å². The van der Waals surface area contributed by atoms with Crippen molar-refractivity contribution in [1.29, 1.82) is 0 Å². The Morgan fingerprint density at radius 1 is 1.14 bits per heavy atom. The molecule has 0 radical (unpaired) electrons. The number of alkyl halides is 2. The first-order chi connectivity index (χ1) is 14.1. The van der Waals surface area contributed by atoms with Crippen LogP contribution in [0.2, 0.25) is 0 Å². The Morgan fingerprint density at radius 3 is 2.62 bits per heavy atom. The molecule has 150 valence electrons. The number of nitrogens with zero attached hydrogens (tertiary/aromatic N) is 3. The maximum absolute atomic E-state index is 13.5. The van der Waals surface area contributed by atoms with Crippen molar-refractivity contribution in [3.05, 3.63) is 54.1 Å². The topological polar surface area (TPSA) is 58.1 Å². The minimum atomic E-state index is -2.60. The van der Waals surface area contributed by atoms with Crippen LogP contribution in [0.5, 0.6) is 0 Å². The SMILES string of the molecule is CCC(=O)NCC1CN(c2nc(-c3ccccc3C(F)F)nc3ccccc23)C1. The molecule has 0 aliphatic carbocycles. The number of amides is 1. The van der Waals surface area contributed by atoms with Crippen molar-refractivity contribution in [3.8, 4) is 11.4 Å². The first-order valence-electron chi connectivity index (χ1n) is 9.72. The van der Waals surface area contributed by atoms with Crippen molar-refractivity contribution in [1.82, 2.24) is 15.3 Å². The Morgan fingerprint density at radius 2 is 1.86 bits per heavy atom. The second-order valence-electron chi connectivity index (χ2n) is 7.20. The van der Waals surface area contributed by atoms with E-state index in [9.17, 15) is 13.6 Å². The van der Waals surface area contributed by atoms with E-state index in [2.05, 4.69) is 20.2 Å². The van der Waals surface area contributed by atoms with Gasteiger partial charge in [-0.3, -0.25) is 4.79 Å². The summed E-state index contributed by atoms with van der Waals surface area (Å²) >= 11 is 0. The molecule has 0 saturated carbocycles. The average Bonchev–Trinajstić information content (AvgIpc) is 2.72. The van der Waals surface area contributed by atoms with Crippen molar-refractivity contribution in [2.75, 3.05) is 24.5 Å². The Hall–Kier alpha value is -3.09. The Labute approximate surface area is 167 Å². The van der Waals surface area contributed by atoms with Gasteiger partial charge in [-0.15, -0.1) is 0 Å². The van der Waals surface area contributed by atoms with Crippen molar-refractivity contribution < 1.29 is 13.6 Å². The summed E-state index contributed by atoms with van der Waals surface area (Å²) in [5.41, 5.74) is 0.999. The van der Waals surface area contributed by atoms with Gasteiger partial charge in [0.25, 0.3) is 6.43 Å². The van der Waals surface area contributed by atoms with Crippen LogP contribution in [0.4, 0.5) is 14.6 Å². The van der Waals surface area contributed by atoms with E-state index in [0.29, 0.717) is 30.3 Å². The molecule has 1 fully saturated rings. The number of halogens is 2. The van der Waals surface area contributed by atoms with Gasteiger partial charge in [0.1, 0.15) is 5.82 Å². The lowest BCUT2D eigenvalue weighted by atomic mass is 9.99. The van der Waals surface area contributed by atoms with E-state index < -0.39 is 6.43 Å². The Kier molecular flexibility index (Phi) is 5.38. The van der Waals surface area contributed by atoms with Crippen LogP contribution < -0.4 is 10.2 Å². The van der Waals surface area contributed by atoms with Crippen LogP contribution in [0, 0.1) is 5.92 Å². The molecule has 3 aromatic rings. The van der Waals surface area contributed by atoms with Gasteiger partial charge in [-0.1, -0.05) is 43.3 Å². The molecule has 1 aliphatic rings. The molecule has 4 rings (SSSR count). The summed E-state index contributed by atoms with van der Waals surface area (Å²) in [6, 6.07) is 14.0. The lowest BCUT2D eigenvalue weighted by Gasteiger charge is -2.40. The highest BCUT2D eigenvalue weighted by molar-refractivity contribution is 5.91. The smallest absolute Gasteiger partial charge is 0.264 e. The third-order valence-corrected chi connectivity index (χ3v) is 5.19. The van der Waals surface area contributed by atoms with Gasteiger partial charge in [-0.2, -0.15) is 0 Å². The van der Waals surface area contributed by atoms with Crippen molar-refractivity contribution in [2.45, 2.75) is 19.8 Å². The molecule has 1 amide bonds. The maximum atomic E-state index is 13.5. The highest BCUT2D eigenvalue weighted by atomic mass is 19.3. The van der Waals surface area contributed by atoms with E-state index in [1.807, 2.05) is 31.2 Å². The largest absolute Gasteiger partial charge is 0.356 e. The normalized spacial score (nSPS) is 14.3. The molecule has 0 unspecified atom stereocenters. The van der Waals surface area contributed by atoms with E-state index in [0.717, 1.165) is 29.8 Å². The number of benzene rings is 2. The van der Waals surface area contributed by atoms with E-state index in [1.165, 1.54) is 6.07 Å². The van der Waals surface area contributed by atoms with Crippen LogP contribution in [-0.4, -0.2) is 35.5 Å². The summed E-state index contributed by atoms with van der Waals surface area (Å²) in [7, 11) is 0. The summed E-state index contributed by atoms with van der Waals surface area (Å²) in [5, 5.41) is 3.81. The maximum Gasteiger partial charge on any atom is 0.264 e. The second kappa shape index (κ2) is 8.11. The molecule has 2 heterocycles. The molecule has 2 aromatic carbocycles. The number of aromatic nitrogens is 2. The molecular formula is C22H22F2N4O. The molecule has 29 heavy (non-hydrogen) atoms. The number of hydrogen-bond acceptors (Lipinski definition) is 4. The molecule has 0 bridgehead atoms. The Bertz CT molecular complexity index is 1030. The predicted octanol–water partition coefficient (Wildman–Crippen LogP) is 4.20. The fourth-order valence-electron chi connectivity index (χ4n) is 3.57. The standard InChI is InChI=1S/C22H22F2N4O/c1-2-19(29)25-11-14-12-28(13-14)22-17-9-5-6-10-18(17)26-21(27-22)16-8-4-3-7-15(16)20(23)24/h3-10,14,20H,2,11-13H2,1H3,(H,25,29). The third-order valence-electron chi connectivity index (χ3n) is 5.19. The fraction of sp³-hybridized carbons (Fsp3) is 0.318. The van der Waals surface area contributed by atoms with Crippen molar-refractivity contribution in [3.63, 3.8) is 0 Å². The minimum absolute atomic E-state index is 0.0434. The van der Waals surface area contributed by atoms with Gasteiger partial charge in [-0.25, -0.2) is 18.7 Å². The van der Waals surface area contributed by atoms with E-state index in [-0.39, 0.29) is 11.5 Å². The number of carbonyl (C=O) groups excluding carboxylic acids is 1. The van der Waals surface area contributed by atoms with Gasteiger partial charge in [0, 0.05) is 48.5 Å².